The van der Waals surface area contributed by atoms with Crippen molar-refractivity contribution in [1.82, 2.24) is 4.98 Å². The second-order valence-electron chi connectivity index (χ2n) is 4.33. The Morgan fingerprint density at radius 2 is 1.76 bits per heavy atom. The Balaban J connectivity index is 1.90. The molecular weight excluding hydrogens is 304 g/mol. The summed E-state index contributed by atoms with van der Waals surface area (Å²) in [5.41, 5.74) is 3.63. The number of rotatable bonds is 3. The van der Waals surface area contributed by atoms with E-state index in [1.165, 1.54) is 11.3 Å². The van der Waals surface area contributed by atoms with Gasteiger partial charge in [-0.05, 0) is 17.7 Å². The van der Waals surface area contributed by atoms with Crippen molar-refractivity contribution in [3.8, 4) is 10.4 Å². The molecule has 0 unspecified atom stereocenters. The van der Waals surface area contributed by atoms with Crippen LogP contribution in [0.3, 0.4) is 0 Å². The minimum absolute atomic E-state index is 0.261. The molecular formula is C16H11ClN2OS. The Labute approximate surface area is 131 Å². The number of hydrogen-bond acceptors (Lipinski definition) is 3. The molecule has 0 saturated carbocycles. The normalized spacial score (nSPS) is 10.3. The lowest BCUT2D eigenvalue weighted by molar-refractivity contribution is 0.102. The summed E-state index contributed by atoms with van der Waals surface area (Å²) in [5, 5.41) is 3.30. The third-order valence-corrected chi connectivity index (χ3v) is 4.15. The molecule has 104 valence electrons. The quantitative estimate of drug-likeness (QED) is 0.760. The lowest BCUT2D eigenvalue weighted by atomic mass is 10.1. The molecule has 3 aromatic rings. The molecule has 0 aliphatic heterocycles. The fourth-order valence-electron chi connectivity index (χ4n) is 1.95. The van der Waals surface area contributed by atoms with E-state index in [1.54, 1.807) is 17.6 Å². The van der Waals surface area contributed by atoms with E-state index in [1.807, 2.05) is 42.5 Å². The molecule has 1 heterocycles. The molecule has 3 nitrogen and oxygen atoms in total. The molecule has 21 heavy (non-hydrogen) atoms. The van der Waals surface area contributed by atoms with Crippen LogP contribution in [-0.2, 0) is 0 Å². The lowest BCUT2D eigenvalue weighted by Gasteiger charge is -2.07. The summed E-state index contributed by atoms with van der Waals surface area (Å²) in [5.74, 6) is -0.261. The maximum atomic E-state index is 12.4. The molecule has 0 saturated heterocycles. The van der Waals surface area contributed by atoms with E-state index in [2.05, 4.69) is 10.3 Å². The predicted octanol–water partition coefficient (Wildman–Crippen LogP) is 4.72. The van der Waals surface area contributed by atoms with Gasteiger partial charge in [-0.1, -0.05) is 54.1 Å². The van der Waals surface area contributed by atoms with Gasteiger partial charge >= 0.3 is 0 Å². The lowest BCUT2D eigenvalue weighted by Crippen LogP contribution is -2.13. The third-order valence-electron chi connectivity index (χ3n) is 2.94. The summed E-state index contributed by atoms with van der Waals surface area (Å²) in [6.07, 6.45) is 0. The van der Waals surface area contributed by atoms with Gasteiger partial charge in [-0.3, -0.25) is 4.79 Å². The average Bonchev–Trinajstić information content (AvgIpc) is 3.00. The third kappa shape index (κ3) is 2.96. The first-order valence-electron chi connectivity index (χ1n) is 6.30. The number of benzene rings is 2. The van der Waals surface area contributed by atoms with Crippen molar-refractivity contribution in [2.24, 2.45) is 0 Å². The highest BCUT2D eigenvalue weighted by Crippen LogP contribution is 2.28. The summed E-state index contributed by atoms with van der Waals surface area (Å²) in [6.45, 7) is 0. The van der Waals surface area contributed by atoms with E-state index in [9.17, 15) is 4.79 Å². The number of nitrogens with zero attached hydrogens (tertiary/aromatic N) is 1. The molecule has 0 radical (unpaired) electrons. The predicted molar refractivity (Wildman–Crippen MR) is 87.0 cm³/mol. The first-order valence-corrected chi connectivity index (χ1v) is 7.56. The Hall–Kier alpha value is -2.17. The van der Waals surface area contributed by atoms with Gasteiger partial charge in [0.15, 0.2) is 0 Å². The zero-order valence-electron chi connectivity index (χ0n) is 10.9. The number of thiazole rings is 1. The fraction of sp³-hybridized carbons (Fsp3) is 0. The standard InChI is InChI=1S/C16H11ClN2OS/c17-12-8-4-5-9-13(12)19-16(20)14-15(21-10-18-14)11-6-2-1-3-7-11/h1-10H,(H,19,20). The number of amides is 1. The summed E-state index contributed by atoms with van der Waals surface area (Å²) in [4.78, 5) is 17.4. The summed E-state index contributed by atoms with van der Waals surface area (Å²) < 4.78 is 0. The van der Waals surface area contributed by atoms with Crippen molar-refractivity contribution in [2.75, 3.05) is 5.32 Å². The number of nitrogens with one attached hydrogen (secondary N) is 1. The van der Waals surface area contributed by atoms with Gasteiger partial charge in [-0.2, -0.15) is 0 Å². The smallest absolute Gasteiger partial charge is 0.275 e. The SMILES string of the molecule is O=C(Nc1ccccc1Cl)c1ncsc1-c1ccccc1. The van der Waals surface area contributed by atoms with Gasteiger partial charge in [0.25, 0.3) is 5.91 Å². The summed E-state index contributed by atoms with van der Waals surface area (Å²) >= 11 is 7.49. The number of hydrogen-bond donors (Lipinski definition) is 1. The molecule has 0 atom stereocenters. The first-order chi connectivity index (χ1) is 10.3. The van der Waals surface area contributed by atoms with Crippen LogP contribution >= 0.6 is 22.9 Å². The molecule has 0 spiro atoms. The van der Waals surface area contributed by atoms with Gasteiger partial charge < -0.3 is 5.32 Å². The van der Waals surface area contributed by atoms with Crippen LogP contribution in [0.15, 0.2) is 60.1 Å². The number of halogens is 1. The monoisotopic (exact) mass is 314 g/mol. The maximum absolute atomic E-state index is 12.4. The van der Waals surface area contributed by atoms with E-state index in [4.69, 9.17) is 11.6 Å². The van der Waals surface area contributed by atoms with Gasteiger partial charge in [0.1, 0.15) is 5.69 Å². The van der Waals surface area contributed by atoms with Gasteiger partial charge in [0.2, 0.25) is 0 Å². The summed E-state index contributed by atoms with van der Waals surface area (Å²) in [6, 6.07) is 16.9. The molecule has 5 heteroatoms. The number of carbonyl (C=O) groups excluding carboxylic acids is 1. The molecule has 0 fully saturated rings. The van der Waals surface area contributed by atoms with Crippen molar-refractivity contribution in [1.29, 1.82) is 0 Å². The highest BCUT2D eigenvalue weighted by Gasteiger charge is 2.17. The zero-order valence-corrected chi connectivity index (χ0v) is 12.5. The first kappa shape index (κ1) is 13.8. The van der Waals surface area contributed by atoms with Crippen molar-refractivity contribution in [3.63, 3.8) is 0 Å². The topological polar surface area (TPSA) is 42.0 Å². The van der Waals surface area contributed by atoms with Gasteiger partial charge in [-0.15, -0.1) is 11.3 Å². The molecule has 0 aliphatic rings. The van der Waals surface area contributed by atoms with Gasteiger partial charge in [0.05, 0.1) is 21.1 Å². The van der Waals surface area contributed by atoms with Crippen LogP contribution in [0.5, 0.6) is 0 Å². The Bertz CT molecular complexity index is 771. The second kappa shape index (κ2) is 6.08. The number of anilines is 1. The van der Waals surface area contributed by atoms with E-state index >= 15 is 0 Å². The van der Waals surface area contributed by atoms with Crippen LogP contribution in [0, 0.1) is 0 Å². The maximum Gasteiger partial charge on any atom is 0.275 e. The molecule has 0 aliphatic carbocycles. The molecule has 1 N–H and O–H groups in total. The van der Waals surface area contributed by atoms with Crippen molar-refractivity contribution in [3.05, 3.63) is 70.8 Å². The van der Waals surface area contributed by atoms with Crippen LogP contribution < -0.4 is 5.32 Å². The van der Waals surface area contributed by atoms with Crippen LogP contribution in [-0.4, -0.2) is 10.9 Å². The Kier molecular flexibility index (Phi) is 3.99. The molecule has 2 aromatic carbocycles. The number of para-hydroxylation sites is 1. The Morgan fingerprint density at radius 1 is 1.05 bits per heavy atom. The molecule has 1 aromatic heterocycles. The number of carbonyl (C=O) groups is 1. The van der Waals surface area contributed by atoms with Crippen LogP contribution in [0.4, 0.5) is 5.69 Å². The van der Waals surface area contributed by atoms with Crippen LogP contribution in [0.2, 0.25) is 5.02 Å². The van der Waals surface area contributed by atoms with Crippen LogP contribution in [0.25, 0.3) is 10.4 Å². The number of aromatic nitrogens is 1. The largest absolute Gasteiger partial charge is 0.319 e. The van der Waals surface area contributed by atoms with E-state index in [0.29, 0.717) is 16.4 Å². The summed E-state index contributed by atoms with van der Waals surface area (Å²) in [7, 11) is 0. The Morgan fingerprint density at radius 3 is 2.52 bits per heavy atom. The van der Waals surface area contributed by atoms with E-state index in [-0.39, 0.29) is 5.91 Å². The van der Waals surface area contributed by atoms with E-state index < -0.39 is 0 Å². The average molecular weight is 315 g/mol. The zero-order chi connectivity index (χ0) is 14.7. The fourth-order valence-corrected chi connectivity index (χ4v) is 2.92. The van der Waals surface area contributed by atoms with Crippen molar-refractivity contribution < 1.29 is 4.79 Å². The molecule has 3 rings (SSSR count). The van der Waals surface area contributed by atoms with Crippen LogP contribution in [0.1, 0.15) is 10.5 Å². The molecule has 0 bridgehead atoms. The highest BCUT2D eigenvalue weighted by atomic mass is 35.5. The highest BCUT2D eigenvalue weighted by molar-refractivity contribution is 7.13. The van der Waals surface area contributed by atoms with Gasteiger partial charge in [-0.25, -0.2) is 4.98 Å². The second-order valence-corrected chi connectivity index (χ2v) is 5.59. The van der Waals surface area contributed by atoms with Gasteiger partial charge in [0, 0.05) is 0 Å². The molecule has 1 amide bonds. The minimum Gasteiger partial charge on any atom is -0.319 e. The van der Waals surface area contributed by atoms with Crippen molar-refractivity contribution >= 4 is 34.5 Å². The van der Waals surface area contributed by atoms with Crippen molar-refractivity contribution in [2.45, 2.75) is 0 Å². The van der Waals surface area contributed by atoms with E-state index in [0.717, 1.165) is 10.4 Å². The minimum atomic E-state index is -0.261.